The molecule has 0 saturated heterocycles. The van der Waals surface area contributed by atoms with Gasteiger partial charge in [0, 0.05) is 6.54 Å². The van der Waals surface area contributed by atoms with Crippen LogP contribution >= 0.6 is 11.3 Å². The fourth-order valence-electron chi connectivity index (χ4n) is 2.38. The van der Waals surface area contributed by atoms with Crippen molar-refractivity contribution >= 4 is 23.2 Å². The van der Waals surface area contributed by atoms with Gasteiger partial charge >= 0.3 is 5.97 Å². The monoisotopic (exact) mass is 333 g/mol. The number of carboxylic acid groups (broad SMARTS) is 1. The van der Waals surface area contributed by atoms with Crippen molar-refractivity contribution in [2.75, 3.05) is 13.7 Å². The molecule has 122 valence electrons. The number of carboxylic acids is 1. The Labute approximate surface area is 139 Å². The first-order valence-corrected chi connectivity index (χ1v) is 8.07. The van der Waals surface area contributed by atoms with Crippen molar-refractivity contribution in [1.29, 1.82) is 0 Å². The molecule has 1 aromatic carbocycles. The van der Waals surface area contributed by atoms with Gasteiger partial charge in [0.2, 0.25) is 0 Å². The van der Waals surface area contributed by atoms with Crippen LogP contribution in [0.15, 0.2) is 36.4 Å². The Morgan fingerprint density at radius 1 is 1.26 bits per heavy atom. The van der Waals surface area contributed by atoms with Gasteiger partial charge in [-0.25, -0.2) is 4.79 Å². The van der Waals surface area contributed by atoms with Gasteiger partial charge in [0.25, 0.3) is 5.91 Å². The molecule has 1 N–H and O–H groups in total. The molecule has 1 unspecified atom stereocenters. The fourth-order valence-corrected chi connectivity index (χ4v) is 3.18. The number of carbonyl (C=O) groups excluding carboxylic acids is 1. The van der Waals surface area contributed by atoms with Crippen molar-refractivity contribution in [3.05, 3.63) is 51.7 Å². The molecule has 0 radical (unpaired) electrons. The second-order valence-corrected chi connectivity index (χ2v) is 6.10. The van der Waals surface area contributed by atoms with Gasteiger partial charge in [-0.15, -0.1) is 11.3 Å². The van der Waals surface area contributed by atoms with Gasteiger partial charge < -0.3 is 14.7 Å². The van der Waals surface area contributed by atoms with Crippen molar-refractivity contribution in [2.45, 2.75) is 19.9 Å². The van der Waals surface area contributed by atoms with Crippen LogP contribution in [-0.4, -0.2) is 35.5 Å². The number of hydrogen-bond donors (Lipinski definition) is 1. The van der Waals surface area contributed by atoms with E-state index in [1.807, 2.05) is 38.1 Å². The molecule has 0 bridgehead atoms. The number of aromatic carboxylic acids is 1. The Balaban J connectivity index is 2.26. The molecule has 2 rings (SSSR count). The van der Waals surface area contributed by atoms with E-state index in [1.54, 1.807) is 18.1 Å². The summed E-state index contributed by atoms with van der Waals surface area (Å²) in [6.07, 6.45) is 0. The highest BCUT2D eigenvalue weighted by molar-refractivity contribution is 7.15. The number of amides is 1. The van der Waals surface area contributed by atoms with E-state index in [9.17, 15) is 9.59 Å². The van der Waals surface area contributed by atoms with Gasteiger partial charge in [0.05, 0.1) is 18.0 Å². The van der Waals surface area contributed by atoms with Crippen LogP contribution in [0.1, 0.15) is 44.8 Å². The Morgan fingerprint density at radius 2 is 1.96 bits per heavy atom. The number of carbonyl (C=O) groups is 2. The Bertz CT molecular complexity index is 710. The standard InChI is InChI=1S/C17H19NO4S/c1-4-18(11(2)12-6-5-7-13(10-12)22-3)16(19)14-8-9-15(23-14)17(20)21/h5-11H,4H2,1-3H3,(H,20,21). The van der Waals surface area contributed by atoms with E-state index < -0.39 is 5.97 Å². The largest absolute Gasteiger partial charge is 0.497 e. The van der Waals surface area contributed by atoms with Gasteiger partial charge in [-0.3, -0.25) is 4.79 Å². The number of nitrogens with zero attached hydrogens (tertiary/aromatic N) is 1. The van der Waals surface area contributed by atoms with Crippen molar-refractivity contribution < 1.29 is 19.4 Å². The molecule has 2 aromatic rings. The lowest BCUT2D eigenvalue weighted by atomic mass is 10.1. The van der Waals surface area contributed by atoms with E-state index in [4.69, 9.17) is 9.84 Å². The molecule has 5 nitrogen and oxygen atoms in total. The summed E-state index contributed by atoms with van der Waals surface area (Å²) in [5, 5.41) is 8.99. The number of hydrogen-bond acceptors (Lipinski definition) is 4. The summed E-state index contributed by atoms with van der Waals surface area (Å²) >= 11 is 0.998. The quantitative estimate of drug-likeness (QED) is 0.876. The zero-order valence-electron chi connectivity index (χ0n) is 13.3. The van der Waals surface area contributed by atoms with E-state index in [2.05, 4.69) is 0 Å². The molecule has 1 heterocycles. The SMILES string of the molecule is CCN(C(=O)c1ccc(C(=O)O)s1)C(C)c1cccc(OC)c1. The first kappa shape index (κ1) is 17.0. The highest BCUT2D eigenvalue weighted by Crippen LogP contribution is 2.27. The molecule has 0 fully saturated rings. The van der Waals surface area contributed by atoms with Crippen LogP contribution in [0.2, 0.25) is 0 Å². The maximum absolute atomic E-state index is 12.7. The average Bonchev–Trinajstić information content (AvgIpc) is 3.05. The zero-order chi connectivity index (χ0) is 17.0. The van der Waals surface area contributed by atoms with Crippen LogP contribution in [0, 0.1) is 0 Å². The summed E-state index contributed by atoms with van der Waals surface area (Å²) in [7, 11) is 1.60. The summed E-state index contributed by atoms with van der Waals surface area (Å²) in [6.45, 7) is 4.37. The van der Waals surface area contributed by atoms with Crippen LogP contribution in [0.4, 0.5) is 0 Å². The van der Waals surface area contributed by atoms with Crippen LogP contribution < -0.4 is 4.74 Å². The van der Waals surface area contributed by atoms with Crippen molar-refractivity contribution in [3.63, 3.8) is 0 Å². The van der Waals surface area contributed by atoms with Crippen molar-refractivity contribution in [3.8, 4) is 5.75 Å². The van der Waals surface area contributed by atoms with Gasteiger partial charge in [-0.2, -0.15) is 0 Å². The normalized spacial score (nSPS) is 11.8. The minimum Gasteiger partial charge on any atom is -0.497 e. The third-order valence-corrected chi connectivity index (χ3v) is 4.73. The van der Waals surface area contributed by atoms with Gasteiger partial charge in [0.1, 0.15) is 10.6 Å². The van der Waals surface area contributed by atoms with E-state index in [0.717, 1.165) is 22.6 Å². The highest BCUT2D eigenvalue weighted by atomic mass is 32.1. The number of benzene rings is 1. The van der Waals surface area contributed by atoms with Gasteiger partial charge in [-0.1, -0.05) is 12.1 Å². The van der Waals surface area contributed by atoms with E-state index in [0.29, 0.717) is 11.4 Å². The van der Waals surface area contributed by atoms with Crippen molar-refractivity contribution in [1.82, 2.24) is 4.90 Å². The zero-order valence-corrected chi connectivity index (χ0v) is 14.1. The molecule has 0 aliphatic rings. The molecule has 0 saturated carbocycles. The summed E-state index contributed by atoms with van der Waals surface area (Å²) in [4.78, 5) is 26.0. The number of thiophene rings is 1. The van der Waals surface area contributed by atoms with E-state index >= 15 is 0 Å². The molecule has 0 spiro atoms. The Kier molecular flexibility index (Phi) is 5.39. The molecular formula is C17H19NO4S. The lowest BCUT2D eigenvalue weighted by Crippen LogP contribution is -2.32. The average molecular weight is 333 g/mol. The third-order valence-electron chi connectivity index (χ3n) is 3.67. The fraction of sp³-hybridized carbons (Fsp3) is 0.294. The second-order valence-electron chi connectivity index (χ2n) is 5.01. The predicted octanol–water partition coefficient (Wildman–Crippen LogP) is 3.68. The van der Waals surface area contributed by atoms with E-state index in [-0.39, 0.29) is 16.8 Å². The first-order valence-electron chi connectivity index (χ1n) is 7.26. The molecular weight excluding hydrogens is 314 g/mol. The number of methoxy groups -OCH3 is 1. The Morgan fingerprint density at radius 3 is 2.52 bits per heavy atom. The van der Waals surface area contributed by atoms with Crippen LogP contribution in [0.5, 0.6) is 5.75 Å². The molecule has 1 amide bonds. The molecule has 0 aliphatic carbocycles. The van der Waals surface area contributed by atoms with E-state index in [1.165, 1.54) is 6.07 Å². The highest BCUT2D eigenvalue weighted by Gasteiger charge is 2.23. The maximum atomic E-state index is 12.7. The molecule has 1 aromatic heterocycles. The topological polar surface area (TPSA) is 66.8 Å². The first-order chi connectivity index (χ1) is 11.0. The summed E-state index contributed by atoms with van der Waals surface area (Å²) < 4.78 is 5.23. The van der Waals surface area contributed by atoms with Crippen molar-refractivity contribution in [2.24, 2.45) is 0 Å². The molecule has 6 heteroatoms. The smallest absolute Gasteiger partial charge is 0.345 e. The van der Waals surface area contributed by atoms with Crippen LogP contribution in [0.3, 0.4) is 0 Å². The number of ether oxygens (including phenoxy) is 1. The minimum absolute atomic E-state index is 0.141. The number of rotatable bonds is 6. The lowest BCUT2D eigenvalue weighted by Gasteiger charge is -2.28. The summed E-state index contributed by atoms with van der Waals surface area (Å²) in [5.41, 5.74) is 0.967. The van der Waals surface area contributed by atoms with Gasteiger partial charge in [0.15, 0.2) is 0 Å². The lowest BCUT2D eigenvalue weighted by molar-refractivity contribution is 0.0697. The molecule has 0 aliphatic heterocycles. The summed E-state index contributed by atoms with van der Waals surface area (Å²) in [5.74, 6) is -0.444. The Hall–Kier alpha value is -2.34. The maximum Gasteiger partial charge on any atom is 0.345 e. The van der Waals surface area contributed by atoms with Crippen LogP contribution in [0.25, 0.3) is 0 Å². The molecule has 1 atom stereocenters. The molecule has 23 heavy (non-hydrogen) atoms. The predicted molar refractivity (Wildman–Crippen MR) is 89.4 cm³/mol. The third kappa shape index (κ3) is 3.71. The summed E-state index contributed by atoms with van der Waals surface area (Å²) in [6, 6.07) is 10.5. The van der Waals surface area contributed by atoms with Gasteiger partial charge in [-0.05, 0) is 43.7 Å². The minimum atomic E-state index is -1.02. The second kappa shape index (κ2) is 7.28. The van der Waals surface area contributed by atoms with Crippen LogP contribution in [-0.2, 0) is 0 Å².